The van der Waals surface area contributed by atoms with Crippen LogP contribution in [0.1, 0.15) is 23.6 Å². The number of hydrogen-bond acceptors (Lipinski definition) is 3. The molecule has 1 aromatic heterocycles. The predicted octanol–water partition coefficient (Wildman–Crippen LogP) is 4.34. The Bertz CT molecular complexity index is 1070. The van der Waals surface area contributed by atoms with Crippen molar-refractivity contribution in [3.05, 3.63) is 64.7 Å². The molecule has 6 nitrogen and oxygen atoms in total. The summed E-state index contributed by atoms with van der Waals surface area (Å²) in [4.78, 5) is 25.2. The van der Waals surface area contributed by atoms with Crippen LogP contribution in [-0.4, -0.2) is 21.6 Å². The maximum Gasteiger partial charge on any atom is 0.249 e. The third-order valence-corrected chi connectivity index (χ3v) is 5.17. The van der Waals surface area contributed by atoms with Crippen molar-refractivity contribution in [3.8, 4) is 11.3 Å². The molecule has 4 rings (SSSR count). The fraction of sp³-hybridized carbons (Fsp3) is 0.190. The van der Waals surface area contributed by atoms with Gasteiger partial charge in [0, 0.05) is 11.1 Å². The first kappa shape index (κ1) is 18.3. The summed E-state index contributed by atoms with van der Waals surface area (Å²) in [6.45, 7) is 3.91. The summed E-state index contributed by atoms with van der Waals surface area (Å²) in [5.74, 6) is -0.00134. The third kappa shape index (κ3) is 3.27. The van der Waals surface area contributed by atoms with Crippen molar-refractivity contribution in [2.75, 3.05) is 10.6 Å². The molecule has 2 aromatic carbocycles. The normalized spacial score (nSPS) is 15.7. The molecule has 0 aliphatic carbocycles. The first-order valence-electron chi connectivity index (χ1n) is 8.95. The Labute approximate surface area is 167 Å². The molecule has 1 aliphatic rings. The molecule has 0 fully saturated rings. The minimum absolute atomic E-state index is 0.0117. The molecular formula is C21H19ClN4O2. The second-order valence-corrected chi connectivity index (χ2v) is 7.28. The molecule has 1 atom stereocenters. The van der Waals surface area contributed by atoms with Crippen molar-refractivity contribution >= 4 is 34.9 Å². The number of carbonyl (C=O) groups excluding carboxylic acids is 2. The van der Waals surface area contributed by atoms with Gasteiger partial charge in [-0.05, 0) is 26.0 Å². The van der Waals surface area contributed by atoms with Gasteiger partial charge < -0.3 is 10.6 Å². The number of anilines is 2. The van der Waals surface area contributed by atoms with Crippen molar-refractivity contribution in [2.24, 2.45) is 0 Å². The number of fused-ring (bicyclic) bond motifs is 1. The molecule has 0 unspecified atom stereocenters. The molecule has 0 spiro atoms. The van der Waals surface area contributed by atoms with E-state index in [0.29, 0.717) is 16.5 Å². The van der Waals surface area contributed by atoms with Crippen LogP contribution >= 0.6 is 11.6 Å². The van der Waals surface area contributed by atoms with E-state index >= 15 is 0 Å². The summed E-state index contributed by atoms with van der Waals surface area (Å²) in [7, 11) is 0. The zero-order valence-corrected chi connectivity index (χ0v) is 16.2. The molecule has 2 N–H and O–H groups in total. The van der Waals surface area contributed by atoms with E-state index in [9.17, 15) is 9.59 Å². The smallest absolute Gasteiger partial charge is 0.249 e. The van der Waals surface area contributed by atoms with Gasteiger partial charge in [0.25, 0.3) is 0 Å². The second kappa shape index (κ2) is 7.13. The topological polar surface area (TPSA) is 76.0 Å². The zero-order valence-electron chi connectivity index (χ0n) is 15.5. The Balaban J connectivity index is 1.71. The van der Waals surface area contributed by atoms with Gasteiger partial charge in [0.05, 0.1) is 22.8 Å². The van der Waals surface area contributed by atoms with Gasteiger partial charge in [0.2, 0.25) is 11.8 Å². The van der Waals surface area contributed by atoms with Gasteiger partial charge in [-0.15, -0.1) is 0 Å². The SMILES string of the molecule is Cc1ccc(-c2nn3c(c2C)NC(=O)C[C@H]3C(=O)Nc2ccccc2Cl)cc1. The largest absolute Gasteiger partial charge is 0.323 e. The van der Waals surface area contributed by atoms with Gasteiger partial charge in [-0.25, -0.2) is 4.68 Å². The van der Waals surface area contributed by atoms with Crippen LogP contribution in [0.3, 0.4) is 0 Å². The maximum atomic E-state index is 12.9. The van der Waals surface area contributed by atoms with Gasteiger partial charge in [0.15, 0.2) is 0 Å². The first-order valence-corrected chi connectivity index (χ1v) is 9.33. The molecule has 2 amide bonds. The van der Waals surface area contributed by atoms with Crippen LogP contribution in [0.2, 0.25) is 5.02 Å². The standard InChI is InChI=1S/C21H19ClN4O2/c1-12-7-9-14(10-8-12)19-13(2)20-24-18(27)11-17(26(20)25-19)21(28)23-16-6-4-3-5-15(16)22/h3-10,17H,11H2,1-2H3,(H,23,28)(H,24,27)/t17-/m0/s1. The van der Waals surface area contributed by atoms with Crippen LogP contribution < -0.4 is 10.6 Å². The Morgan fingerprint density at radius 2 is 1.89 bits per heavy atom. The highest BCUT2D eigenvalue weighted by Crippen LogP contribution is 2.35. The van der Waals surface area contributed by atoms with Crippen molar-refractivity contribution in [1.82, 2.24) is 9.78 Å². The lowest BCUT2D eigenvalue weighted by Crippen LogP contribution is -2.36. The number of aryl methyl sites for hydroxylation is 1. The lowest BCUT2D eigenvalue weighted by atomic mass is 10.1. The summed E-state index contributed by atoms with van der Waals surface area (Å²) in [6.07, 6.45) is 0.0117. The van der Waals surface area contributed by atoms with E-state index < -0.39 is 6.04 Å². The number of amides is 2. The van der Waals surface area contributed by atoms with E-state index in [2.05, 4.69) is 15.7 Å². The van der Waals surface area contributed by atoms with Crippen molar-refractivity contribution in [3.63, 3.8) is 0 Å². The number of aromatic nitrogens is 2. The van der Waals surface area contributed by atoms with E-state index in [4.69, 9.17) is 11.6 Å². The number of para-hydroxylation sites is 1. The van der Waals surface area contributed by atoms with E-state index in [-0.39, 0.29) is 18.2 Å². The molecule has 3 aromatic rings. The lowest BCUT2D eigenvalue weighted by Gasteiger charge is -2.24. The molecule has 2 heterocycles. The maximum absolute atomic E-state index is 12.9. The quantitative estimate of drug-likeness (QED) is 0.693. The number of rotatable bonds is 3. The highest BCUT2D eigenvalue weighted by molar-refractivity contribution is 6.33. The summed E-state index contributed by atoms with van der Waals surface area (Å²) < 4.78 is 1.60. The van der Waals surface area contributed by atoms with Crippen molar-refractivity contribution in [2.45, 2.75) is 26.3 Å². The fourth-order valence-corrected chi connectivity index (χ4v) is 3.49. The van der Waals surface area contributed by atoms with Crippen LogP contribution in [0.25, 0.3) is 11.3 Å². The number of carbonyl (C=O) groups is 2. The average Bonchev–Trinajstić information content (AvgIpc) is 3.00. The van der Waals surface area contributed by atoms with E-state index in [1.807, 2.05) is 38.1 Å². The van der Waals surface area contributed by atoms with Gasteiger partial charge in [-0.2, -0.15) is 5.10 Å². The van der Waals surface area contributed by atoms with Crippen LogP contribution in [-0.2, 0) is 9.59 Å². The van der Waals surface area contributed by atoms with E-state index in [1.54, 1.807) is 28.9 Å². The van der Waals surface area contributed by atoms with Crippen LogP contribution in [0.4, 0.5) is 11.5 Å². The van der Waals surface area contributed by atoms with E-state index in [1.165, 1.54) is 0 Å². The second-order valence-electron chi connectivity index (χ2n) is 6.87. The van der Waals surface area contributed by atoms with Crippen LogP contribution in [0, 0.1) is 13.8 Å². The lowest BCUT2D eigenvalue weighted by molar-refractivity contribution is -0.125. The first-order chi connectivity index (χ1) is 13.4. The number of nitrogens with one attached hydrogen (secondary N) is 2. The van der Waals surface area contributed by atoms with Gasteiger partial charge >= 0.3 is 0 Å². The Kier molecular flexibility index (Phi) is 4.65. The third-order valence-electron chi connectivity index (χ3n) is 4.84. The number of halogens is 1. The predicted molar refractivity (Wildman–Crippen MR) is 110 cm³/mol. The Hall–Kier alpha value is -3.12. The van der Waals surface area contributed by atoms with Gasteiger partial charge in [0.1, 0.15) is 11.9 Å². The Morgan fingerprint density at radius 3 is 2.61 bits per heavy atom. The van der Waals surface area contributed by atoms with Crippen LogP contribution in [0.15, 0.2) is 48.5 Å². The summed E-state index contributed by atoms with van der Waals surface area (Å²) in [5.41, 5.74) is 4.16. The highest BCUT2D eigenvalue weighted by Gasteiger charge is 2.34. The minimum atomic E-state index is -0.752. The molecule has 28 heavy (non-hydrogen) atoms. The van der Waals surface area contributed by atoms with Crippen LogP contribution in [0.5, 0.6) is 0 Å². The molecular weight excluding hydrogens is 376 g/mol. The molecule has 142 valence electrons. The van der Waals surface area contributed by atoms with Crippen molar-refractivity contribution in [1.29, 1.82) is 0 Å². The number of nitrogens with zero attached hydrogens (tertiary/aromatic N) is 2. The molecule has 0 saturated carbocycles. The number of hydrogen-bond donors (Lipinski definition) is 2. The van der Waals surface area contributed by atoms with E-state index in [0.717, 1.165) is 22.4 Å². The zero-order chi connectivity index (χ0) is 19.8. The van der Waals surface area contributed by atoms with Gasteiger partial charge in [-0.1, -0.05) is 53.6 Å². The highest BCUT2D eigenvalue weighted by atomic mass is 35.5. The monoisotopic (exact) mass is 394 g/mol. The van der Waals surface area contributed by atoms with Crippen molar-refractivity contribution < 1.29 is 9.59 Å². The minimum Gasteiger partial charge on any atom is -0.323 e. The average molecular weight is 395 g/mol. The summed E-state index contributed by atoms with van der Waals surface area (Å²) in [6, 6.07) is 14.2. The Morgan fingerprint density at radius 1 is 1.18 bits per heavy atom. The fourth-order valence-electron chi connectivity index (χ4n) is 3.31. The molecule has 1 aliphatic heterocycles. The summed E-state index contributed by atoms with van der Waals surface area (Å²) >= 11 is 6.14. The molecule has 0 radical (unpaired) electrons. The molecule has 0 bridgehead atoms. The van der Waals surface area contributed by atoms with Gasteiger partial charge in [-0.3, -0.25) is 9.59 Å². The molecule has 0 saturated heterocycles. The molecule has 7 heteroatoms. The summed E-state index contributed by atoms with van der Waals surface area (Å²) in [5, 5.41) is 10.7. The number of benzene rings is 2.